The summed E-state index contributed by atoms with van der Waals surface area (Å²) in [7, 11) is 0. The SMILES string of the molecule is CC(C)(C)c1cc(Oc2cc3c(c(-c4ccccn4)c2)CC2(Cc4ccccc4C2)C3)nc(-n2c3ccccc3c3ccccc32)c1. The van der Waals surface area contributed by atoms with E-state index in [0.717, 1.165) is 54.0 Å². The summed E-state index contributed by atoms with van der Waals surface area (Å²) in [4.78, 5) is 10.0. The molecule has 9 rings (SSSR count). The van der Waals surface area contributed by atoms with Crippen LogP contribution in [0.15, 0.2) is 121 Å². The largest absolute Gasteiger partial charge is 0.439 e. The highest BCUT2D eigenvalue weighted by Crippen LogP contribution is 2.50. The summed E-state index contributed by atoms with van der Waals surface area (Å²) in [6, 6.07) is 41.1. The van der Waals surface area contributed by atoms with E-state index in [9.17, 15) is 0 Å². The molecule has 0 saturated carbocycles. The molecule has 0 atom stereocenters. The minimum Gasteiger partial charge on any atom is -0.439 e. The summed E-state index contributed by atoms with van der Waals surface area (Å²) in [5.41, 5.74) is 11.5. The van der Waals surface area contributed by atoms with Crippen LogP contribution < -0.4 is 4.74 Å². The van der Waals surface area contributed by atoms with Gasteiger partial charge in [-0.2, -0.15) is 4.98 Å². The van der Waals surface area contributed by atoms with Crippen molar-refractivity contribution < 1.29 is 4.74 Å². The first-order valence-electron chi connectivity index (χ1n) is 16.7. The first-order valence-corrected chi connectivity index (χ1v) is 16.7. The number of hydrogen-bond acceptors (Lipinski definition) is 3. The first kappa shape index (κ1) is 28.0. The van der Waals surface area contributed by atoms with Crippen LogP contribution in [0.5, 0.6) is 11.6 Å². The van der Waals surface area contributed by atoms with E-state index in [1.165, 1.54) is 44.2 Å². The summed E-state index contributed by atoms with van der Waals surface area (Å²) in [6.07, 6.45) is 6.22. The van der Waals surface area contributed by atoms with Gasteiger partial charge in [-0.05, 0) is 107 Å². The molecule has 0 bridgehead atoms. The topological polar surface area (TPSA) is 39.9 Å². The van der Waals surface area contributed by atoms with Crippen molar-refractivity contribution in [3.05, 3.63) is 149 Å². The van der Waals surface area contributed by atoms with Gasteiger partial charge in [-0.1, -0.05) is 87.5 Å². The van der Waals surface area contributed by atoms with Gasteiger partial charge in [-0.15, -0.1) is 0 Å². The third-order valence-electron chi connectivity index (χ3n) is 10.3. The van der Waals surface area contributed by atoms with Crippen LogP contribution in [0.2, 0.25) is 0 Å². The summed E-state index contributed by atoms with van der Waals surface area (Å²) >= 11 is 0. The molecule has 4 nitrogen and oxygen atoms in total. The van der Waals surface area contributed by atoms with Gasteiger partial charge in [-0.25, -0.2) is 0 Å². The Bertz CT molecular complexity index is 2250. The molecule has 0 radical (unpaired) electrons. The van der Waals surface area contributed by atoms with Gasteiger partial charge >= 0.3 is 0 Å². The van der Waals surface area contributed by atoms with Crippen molar-refractivity contribution in [2.75, 3.05) is 0 Å². The van der Waals surface area contributed by atoms with Crippen molar-refractivity contribution in [3.63, 3.8) is 0 Å². The first-order chi connectivity index (χ1) is 22.8. The zero-order valence-electron chi connectivity index (χ0n) is 27.1. The molecule has 0 fully saturated rings. The molecule has 2 aliphatic carbocycles. The molecule has 0 unspecified atom stereocenters. The van der Waals surface area contributed by atoms with Crippen LogP contribution >= 0.6 is 0 Å². The molecule has 4 aromatic carbocycles. The average molecular weight is 612 g/mol. The van der Waals surface area contributed by atoms with Gasteiger partial charge in [0.2, 0.25) is 5.88 Å². The van der Waals surface area contributed by atoms with E-state index < -0.39 is 0 Å². The Morgan fingerprint density at radius 2 is 1.30 bits per heavy atom. The molecular formula is C43H37N3O. The molecule has 0 amide bonds. The van der Waals surface area contributed by atoms with E-state index >= 15 is 0 Å². The lowest BCUT2D eigenvalue weighted by Gasteiger charge is -2.22. The fourth-order valence-corrected chi connectivity index (χ4v) is 8.12. The molecule has 0 saturated heterocycles. The molecule has 0 N–H and O–H groups in total. The van der Waals surface area contributed by atoms with E-state index in [1.807, 2.05) is 12.3 Å². The Morgan fingerprint density at radius 1 is 0.660 bits per heavy atom. The van der Waals surface area contributed by atoms with Gasteiger partial charge in [0.1, 0.15) is 11.6 Å². The average Bonchev–Trinajstić information content (AvgIpc) is 3.73. The lowest BCUT2D eigenvalue weighted by Crippen LogP contribution is -2.21. The fraction of sp³-hybridized carbons (Fsp3) is 0.209. The van der Waals surface area contributed by atoms with Crippen LogP contribution in [0.1, 0.15) is 48.6 Å². The Kier molecular flexibility index (Phi) is 6.20. The van der Waals surface area contributed by atoms with Crippen LogP contribution in [0.25, 0.3) is 38.9 Å². The number of ether oxygens (including phenoxy) is 1. The molecule has 1 spiro atoms. The zero-order valence-corrected chi connectivity index (χ0v) is 27.1. The number of hydrogen-bond donors (Lipinski definition) is 0. The Hall–Kier alpha value is -5.22. The van der Waals surface area contributed by atoms with Crippen LogP contribution in [0.3, 0.4) is 0 Å². The lowest BCUT2D eigenvalue weighted by molar-refractivity contribution is 0.326. The van der Waals surface area contributed by atoms with Crippen molar-refractivity contribution in [2.45, 2.75) is 51.9 Å². The smallest absolute Gasteiger partial charge is 0.221 e. The van der Waals surface area contributed by atoms with Crippen molar-refractivity contribution >= 4 is 21.8 Å². The normalized spacial score (nSPS) is 15.0. The predicted octanol–water partition coefficient (Wildman–Crippen LogP) is 10.2. The Balaban J connectivity index is 1.17. The maximum Gasteiger partial charge on any atom is 0.221 e. The maximum absolute atomic E-state index is 6.83. The third-order valence-corrected chi connectivity index (χ3v) is 10.3. The second-order valence-electron chi connectivity index (χ2n) is 14.6. The second-order valence-corrected chi connectivity index (χ2v) is 14.6. The second kappa shape index (κ2) is 10.4. The number of fused-ring (bicyclic) bond motifs is 5. The number of para-hydroxylation sites is 2. The van der Waals surface area contributed by atoms with Crippen LogP contribution in [0, 0.1) is 5.41 Å². The Labute approximate surface area is 275 Å². The summed E-state index contributed by atoms with van der Waals surface area (Å²) in [5.74, 6) is 2.27. The zero-order chi connectivity index (χ0) is 31.8. The van der Waals surface area contributed by atoms with Gasteiger partial charge in [0.25, 0.3) is 0 Å². The summed E-state index contributed by atoms with van der Waals surface area (Å²) < 4.78 is 9.10. The molecular weight excluding hydrogens is 574 g/mol. The minimum absolute atomic E-state index is 0.102. The highest BCUT2D eigenvalue weighted by molar-refractivity contribution is 6.09. The summed E-state index contributed by atoms with van der Waals surface area (Å²) in [5, 5.41) is 2.44. The molecule has 7 aromatic rings. The van der Waals surface area contributed by atoms with E-state index in [1.54, 1.807) is 0 Å². The standard InChI is InChI=1S/C43H37N3O/c1-42(2,3)31-21-40(46-38-17-8-6-14-33(38)34-15-7-9-18-39(34)46)45-41(22-31)47-32-20-30-26-43(24-28-12-4-5-13-29(28)25-43)27-36(30)35(23-32)37-16-10-11-19-44-37/h4-23H,24-27H2,1-3H3. The molecule has 230 valence electrons. The third kappa shape index (κ3) is 4.74. The number of aromatic nitrogens is 3. The van der Waals surface area contributed by atoms with Crippen molar-refractivity contribution in [1.82, 2.24) is 14.5 Å². The number of benzene rings is 4. The van der Waals surface area contributed by atoms with Crippen LogP contribution in [-0.4, -0.2) is 14.5 Å². The number of pyridine rings is 2. The van der Waals surface area contributed by atoms with E-state index in [2.05, 4.69) is 135 Å². The van der Waals surface area contributed by atoms with E-state index in [0.29, 0.717) is 5.88 Å². The number of nitrogens with zero attached hydrogens (tertiary/aromatic N) is 3. The van der Waals surface area contributed by atoms with Crippen molar-refractivity contribution in [2.24, 2.45) is 5.41 Å². The lowest BCUT2D eigenvalue weighted by atomic mass is 9.81. The van der Waals surface area contributed by atoms with E-state index in [4.69, 9.17) is 14.7 Å². The molecule has 47 heavy (non-hydrogen) atoms. The predicted molar refractivity (Wildman–Crippen MR) is 191 cm³/mol. The van der Waals surface area contributed by atoms with Crippen LogP contribution in [0.4, 0.5) is 0 Å². The van der Waals surface area contributed by atoms with Crippen molar-refractivity contribution in [3.8, 4) is 28.7 Å². The molecule has 3 aromatic heterocycles. The van der Waals surface area contributed by atoms with Gasteiger partial charge in [0.15, 0.2) is 0 Å². The van der Waals surface area contributed by atoms with Gasteiger partial charge < -0.3 is 4.74 Å². The molecule has 3 heterocycles. The fourth-order valence-electron chi connectivity index (χ4n) is 8.12. The van der Waals surface area contributed by atoms with E-state index in [-0.39, 0.29) is 10.8 Å². The quantitative estimate of drug-likeness (QED) is 0.199. The highest BCUT2D eigenvalue weighted by Gasteiger charge is 2.43. The maximum atomic E-state index is 6.83. The Morgan fingerprint density at radius 3 is 1.96 bits per heavy atom. The summed E-state index contributed by atoms with van der Waals surface area (Å²) in [6.45, 7) is 6.74. The van der Waals surface area contributed by atoms with Crippen molar-refractivity contribution in [1.29, 1.82) is 0 Å². The minimum atomic E-state index is -0.102. The molecule has 4 heteroatoms. The number of rotatable bonds is 4. The van der Waals surface area contributed by atoms with Gasteiger partial charge in [0, 0.05) is 28.6 Å². The van der Waals surface area contributed by atoms with Crippen LogP contribution in [-0.2, 0) is 31.1 Å². The monoisotopic (exact) mass is 611 g/mol. The van der Waals surface area contributed by atoms with Gasteiger partial charge in [0.05, 0.1) is 16.7 Å². The van der Waals surface area contributed by atoms with Gasteiger partial charge in [-0.3, -0.25) is 9.55 Å². The molecule has 0 aliphatic heterocycles. The molecule has 2 aliphatic rings. The highest BCUT2D eigenvalue weighted by atomic mass is 16.5.